The molecular formula is C14H17ClN2O3S. The molecule has 1 amide bonds. The number of carbonyl (C=O) groups excluding carboxylic acids is 1. The second-order valence-electron chi connectivity index (χ2n) is 5.70. The van der Waals surface area contributed by atoms with Gasteiger partial charge >= 0.3 is 0 Å². The van der Waals surface area contributed by atoms with Crippen LogP contribution in [0.25, 0.3) is 0 Å². The van der Waals surface area contributed by atoms with E-state index in [4.69, 9.17) is 11.6 Å². The van der Waals surface area contributed by atoms with Gasteiger partial charge in [0.15, 0.2) is 0 Å². The third-order valence-corrected chi connectivity index (χ3v) is 5.87. The topological polar surface area (TPSA) is 66.5 Å². The normalized spacial score (nSPS) is 23.9. The number of nitrogens with one attached hydrogen (secondary N) is 1. The smallest absolute Gasteiger partial charge is 0.232 e. The molecule has 1 aromatic carbocycles. The number of sulfonamides is 1. The number of piperidine rings is 1. The average molecular weight is 329 g/mol. The molecule has 1 fully saturated rings. The van der Waals surface area contributed by atoms with Crippen LogP contribution in [0.15, 0.2) is 18.2 Å². The first-order chi connectivity index (χ1) is 9.86. The van der Waals surface area contributed by atoms with Gasteiger partial charge < -0.3 is 5.32 Å². The number of anilines is 1. The molecule has 0 aromatic heterocycles. The molecule has 2 aliphatic rings. The summed E-state index contributed by atoms with van der Waals surface area (Å²) in [5, 5.41) is 3.50. The van der Waals surface area contributed by atoms with E-state index >= 15 is 0 Å². The first-order valence-electron chi connectivity index (χ1n) is 6.91. The summed E-state index contributed by atoms with van der Waals surface area (Å²) in [6.07, 6.45) is 2.61. The second-order valence-corrected chi connectivity index (χ2v) is 8.12. The van der Waals surface area contributed by atoms with E-state index in [2.05, 4.69) is 5.32 Å². The SMILES string of the molecule is CS(=O)(=O)N1CCC(C2C(=O)Nc3ccc(Cl)cc32)CC1. The standard InChI is InChI=1S/C14H17ClN2O3S/c1-21(19,20)17-6-4-9(5-7-17)13-11-8-10(15)2-3-12(11)16-14(13)18/h2-3,8-9,13H,4-7H2,1H3,(H,16,18). The maximum atomic E-state index is 12.2. The number of halogens is 1. The van der Waals surface area contributed by atoms with E-state index in [1.54, 1.807) is 6.07 Å². The highest BCUT2D eigenvalue weighted by atomic mass is 35.5. The fraction of sp³-hybridized carbons (Fsp3) is 0.500. The monoisotopic (exact) mass is 328 g/mol. The van der Waals surface area contributed by atoms with Gasteiger partial charge in [0.1, 0.15) is 0 Å². The minimum atomic E-state index is -3.14. The summed E-state index contributed by atoms with van der Waals surface area (Å²) in [5.74, 6) is -0.0757. The molecule has 1 atom stereocenters. The van der Waals surface area contributed by atoms with Crippen LogP contribution in [0.3, 0.4) is 0 Å². The van der Waals surface area contributed by atoms with Crippen LogP contribution in [-0.2, 0) is 14.8 Å². The van der Waals surface area contributed by atoms with Crippen molar-refractivity contribution in [2.24, 2.45) is 5.92 Å². The number of hydrogen-bond donors (Lipinski definition) is 1. The van der Waals surface area contributed by atoms with Crippen LogP contribution in [0, 0.1) is 5.92 Å². The van der Waals surface area contributed by atoms with Crippen molar-refractivity contribution in [2.45, 2.75) is 18.8 Å². The van der Waals surface area contributed by atoms with E-state index in [0.29, 0.717) is 31.0 Å². The van der Waals surface area contributed by atoms with E-state index in [9.17, 15) is 13.2 Å². The molecule has 21 heavy (non-hydrogen) atoms. The molecule has 0 radical (unpaired) electrons. The number of hydrogen-bond acceptors (Lipinski definition) is 3. The van der Waals surface area contributed by atoms with Gasteiger partial charge in [-0.15, -0.1) is 0 Å². The van der Waals surface area contributed by atoms with Gasteiger partial charge in [0, 0.05) is 23.8 Å². The van der Waals surface area contributed by atoms with Crippen LogP contribution in [0.1, 0.15) is 24.3 Å². The van der Waals surface area contributed by atoms with Crippen molar-refractivity contribution in [1.29, 1.82) is 0 Å². The van der Waals surface area contributed by atoms with Gasteiger partial charge in [0.05, 0.1) is 12.2 Å². The van der Waals surface area contributed by atoms with Gasteiger partial charge in [-0.25, -0.2) is 12.7 Å². The Bertz CT molecular complexity index is 681. The predicted molar refractivity (Wildman–Crippen MR) is 82.0 cm³/mol. The minimum Gasteiger partial charge on any atom is -0.325 e. The third-order valence-electron chi connectivity index (χ3n) is 4.33. The number of benzene rings is 1. The Morgan fingerprint density at radius 1 is 1.29 bits per heavy atom. The van der Waals surface area contributed by atoms with Crippen molar-refractivity contribution >= 4 is 33.2 Å². The lowest BCUT2D eigenvalue weighted by atomic mass is 9.81. The first kappa shape index (κ1) is 14.8. The largest absolute Gasteiger partial charge is 0.325 e. The highest BCUT2D eigenvalue weighted by Gasteiger charge is 2.39. The van der Waals surface area contributed by atoms with E-state index in [1.165, 1.54) is 10.6 Å². The minimum absolute atomic E-state index is 0.00919. The third kappa shape index (κ3) is 2.80. The molecule has 2 heterocycles. The first-order valence-corrected chi connectivity index (χ1v) is 9.14. The number of rotatable bonds is 2. The van der Waals surface area contributed by atoms with Crippen LogP contribution in [0.2, 0.25) is 5.02 Å². The second kappa shape index (κ2) is 5.26. The summed E-state index contributed by atoms with van der Waals surface area (Å²) in [6, 6.07) is 5.42. The highest BCUT2D eigenvalue weighted by Crippen LogP contribution is 2.42. The van der Waals surface area contributed by atoms with Crippen LogP contribution in [-0.4, -0.2) is 38.0 Å². The van der Waals surface area contributed by atoms with Gasteiger partial charge in [-0.1, -0.05) is 11.6 Å². The Balaban J connectivity index is 1.80. The zero-order valence-electron chi connectivity index (χ0n) is 11.7. The summed E-state index contributed by atoms with van der Waals surface area (Å²) >= 11 is 6.03. The molecule has 7 heteroatoms. The maximum Gasteiger partial charge on any atom is 0.232 e. The molecule has 0 aliphatic carbocycles. The Kier molecular flexibility index (Phi) is 3.71. The maximum absolute atomic E-state index is 12.2. The van der Waals surface area contributed by atoms with Crippen LogP contribution < -0.4 is 5.32 Å². The molecule has 1 N–H and O–H groups in total. The quantitative estimate of drug-likeness (QED) is 0.903. The zero-order valence-corrected chi connectivity index (χ0v) is 13.2. The van der Waals surface area contributed by atoms with E-state index < -0.39 is 10.0 Å². The van der Waals surface area contributed by atoms with Gasteiger partial charge in [0.25, 0.3) is 0 Å². The van der Waals surface area contributed by atoms with Crippen LogP contribution in [0.4, 0.5) is 5.69 Å². The molecule has 0 bridgehead atoms. The summed E-state index contributed by atoms with van der Waals surface area (Å²) in [5.41, 5.74) is 1.75. The molecular weight excluding hydrogens is 312 g/mol. The summed E-state index contributed by atoms with van der Waals surface area (Å²) < 4.78 is 24.6. The number of nitrogens with zero attached hydrogens (tertiary/aromatic N) is 1. The lowest BCUT2D eigenvalue weighted by molar-refractivity contribution is -0.118. The molecule has 1 saturated heterocycles. The Morgan fingerprint density at radius 3 is 2.57 bits per heavy atom. The lowest BCUT2D eigenvalue weighted by Gasteiger charge is -2.32. The molecule has 5 nitrogen and oxygen atoms in total. The average Bonchev–Trinajstić information content (AvgIpc) is 2.73. The molecule has 1 unspecified atom stereocenters. The Morgan fingerprint density at radius 2 is 1.95 bits per heavy atom. The summed E-state index contributed by atoms with van der Waals surface area (Å²) in [6.45, 7) is 0.951. The van der Waals surface area contributed by atoms with Crippen LogP contribution in [0.5, 0.6) is 0 Å². The molecule has 114 valence electrons. The van der Waals surface area contributed by atoms with Crippen molar-refractivity contribution in [1.82, 2.24) is 4.31 Å². The summed E-state index contributed by atoms with van der Waals surface area (Å²) in [4.78, 5) is 12.2. The fourth-order valence-corrected chi connectivity index (χ4v) is 4.32. The Labute approximate surface area is 129 Å². The lowest BCUT2D eigenvalue weighted by Crippen LogP contribution is -2.40. The molecule has 3 rings (SSSR count). The van der Waals surface area contributed by atoms with E-state index in [1.807, 2.05) is 12.1 Å². The molecule has 2 aliphatic heterocycles. The predicted octanol–water partition coefficient (Wildman–Crippen LogP) is 2.05. The van der Waals surface area contributed by atoms with E-state index in [-0.39, 0.29) is 17.7 Å². The number of carbonyl (C=O) groups is 1. The fourth-order valence-electron chi connectivity index (χ4n) is 3.27. The highest BCUT2D eigenvalue weighted by molar-refractivity contribution is 7.88. The zero-order chi connectivity index (χ0) is 15.2. The van der Waals surface area contributed by atoms with Crippen molar-refractivity contribution < 1.29 is 13.2 Å². The van der Waals surface area contributed by atoms with Gasteiger partial charge in [-0.2, -0.15) is 0 Å². The van der Waals surface area contributed by atoms with Crippen molar-refractivity contribution in [2.75, 3.05) is 24.7 Å². The van der Waals surface area contributed by atoms with Crippen molar-refractivity contribution in [3.05, 3.63) is 28.8 Å². The van der Waals surface area contributed by atoms with Gasteiger partial charge in [-0.3, -0.25) is 4.79 Å². The molecule has 0 saturated carbocycles. The number of fused-ring (bicyclic) bond motifs is 1. The van der Waals surface area contributed by atoms with Gasteiger partial charge in [0.2, 0.25) is 15.9 Å². The van der Waals surface area contributed by atoms with Crippen LogP contribution >= 0.6 is 11.6 Å². The van der Waals surface area contributed by atoms with Gasteiger partial charge in [-0.05, 0) is 42.5 Å². The Hall–Kier alpha value is -1.11. The van der Waals surface area contributed by atoms with E-state index in [0.717, 1.165) is 11.3 Å². The number of amides is 1. The van der Waals surface area contributed by atoms with Crippen molar-refractivity contribution in [3.8, 4) is 0 Å². The molecule has 1 aromatic rings. The van der Waals surface area contributed by atoms with Crippen molar-refractivity contribution in [3.63, 3.8) is 0 Å². The summed E-state index contributed by atoms with van der Waals surface area (Å²) in [7, 11) is -3.14. The molecule has 0 spiro atoms.